The highest BCUT2D eigenvalue weighted by molar-refractivity contribution is 5.78. The van der Waals surface area contributed by atoms with Crippen LogP contribution in [0, 0.1) is 0 Å². The van der Waals surface area contributed by atoms with Gasteiger partial charge in [-0.25, -0.2) is 0 Å². The second-order valence-corrected chi connectivity index (χ2v) is 6.66. The van der Waals surface area contributed by atoms with Crippen molar-refractivity contribution in [1.82, 2.24) is 10.2 Å². The van der Waals surface area contributed by atoms with Crippen LogP contribution in [-0.2, 0) is 11.3 Å². The monoisotopic (exact) mass is 289 g/mol. The first-order chi connectivity index (χ1) is 9.89. The number of rotatable bonds is 7. The van der Waals surface area contributed by atoms with Crippen LogP contribution in [0.25, 0.3) is 0 Å². The molecule has 1 saturated carbocycles. The van der Waals surface area contributed by atoms with Gasteiger partial charge in [0, 0.05) is 23.8 Å². The molecule has 1 aliphatic rings. The molecule has 116 valence electrons. The molecule has 4 heteroatoms. The number of benzene rings is 1. The maximum absolute atomic E-state index is 12.2. The minimum Gasteiger partial charge on any atom is -0.399 e. The van der Waals surface area contributed by atoms with Crippen LogP contribution in [0.4, 0.5) is 5.69 Å². The second kappa shape index (κ2) is 6.48. The molecule has 21 heavy (non-hydrogen) atoms. The molecule has 0 unspecified atom stereocenters. The maximum Gasteiger partial charge on any atom is 0.234 e. The summed E-state index contributed by atoms with van der Waals surface area (Å²) in [4.78, 5) is 14.5. The van der Waals surface area contributed by atoms with Crippen molar-refractivity contribution in [3.05, 3.63) is 29.8 Å². The Morgan fingerprint density at radius 3 is 2.48 bits per heavy atom. The van der Waals surface area contributed by atoms with Crippen molar-refractivity contribution in [1.29, 1.82) is 0 Å². The lowest BCUT2D eigenvalue weighted by atomic mass is 10.0. The summed E-state index contributed by atoms with van der Waals surface area (Å²) < 4.78 is 0. The number of anilines is 1. The van der Waals surface area contributed by atoms with E-state index in [9.17, 15) is 4.79 Å². The SMILES string of the molecule is CCC(C)(C)NC(=O)CN(Cc1ccc(N)cc1)C1CC1. The zero-order valence-corrected chi connectivity index (χ0v) is 13.4. The zero-order valence-electron chi connectivity index (χ0n) is 13.4. The Balaban J connectivity index is 1.93. The molecule has 2 rings (SSSR count). The van der Waals surface area contributed by atoms with Crippen LogP contribution in [-0.4, -0.2) is 28.9 Å². The largest absolute Gasteiger partial charge is 0.399 e. The summed E-state index contributed by atoms with van der Waals surface area (Å²) in [7, 11) is 0. The highest BCUT2D eigenvalue weighted by Crippen LogP contribution is 2.28. The number of nitrogens with two attached hydrogens (primary N) is 1. The predicted molar refractivity (Wildman–Crippen MR) is 86.8 cm³/mol. The lowest BCUT2D eigenvalue weighted by Crippen LogP contribution is -2.47. The first-order valence-electron chi connectivity index (χ1n) is 7.79. The number of hydrogen-bond acceptors (Lipinski definition) is 3. The zero-order chi connectivity index (χ0) is 15.5. The molecule has 1 aliphatic carbocycles. The van der Waals surface area contributed by atoms with E-state index < -0.39 is 0 Å². The van der Waals surface area contributed by atoms with Crippen molar-refractivity contribution in [2.45, 2.75) is 58.2 Å². The Bertz CT molecular complexity index is 477. The molecule has 0 atom stereocenters. The topological polar surface area (TPSA) is 58.4 Å². The minimum absolute atomic E-state index is 0.115. The third kappa shape index (κ3) is 5.05. The highest BCUT2D eigenvalue weighted by atomic mass is 16.2. The average Bonchev–Trinajstić information content (AvgIpc) is 3.24. The summed E-state index contributed by atoms with van der Waals surface area (Å²) in [6.45, 7) is 7.50. The quantitative estimate of drug-likeness (QED) is 0.758. The molecule has 1 aromatic rings. The van der Waals surface area contributed by atoms with Crippen molar-refractivity contribution >= 4 is 11.6 Å². The lowest BCUT2D eigenvalue weighted by molar-refractivity contribution is -0.124. The van der Waals surface area contributed by atoms with E-state index in [1.165, 1.54) is 18.4 Å². The average molecular weight is 289 g/mol. The number of amides is 1. The molecule has 0 aliphatic heterocycles. The Kier molecular flexibility index (Phi) is 4.88. The fourth-order valence-electron chi connectivity index (χ4n) is 2.30. The summed E-state index contributed by atoms with van der Waals surface area (Å²) >= 11 is 0. The number of nitrogens with zero attached hydrogens (tertiary/aromatic N) is 1. The Hall–Kier alpha value is -1.55. The number of carbonyl (C=O) groups is 1. The first kappa shape index (κ1) is 15.8. The molecule has 3 N–H and O–H groups in total. The van der Waals surface area contributed by atoms with Gasteiger partial charge in [0.25, 0.3) is 0 Å². The number of hydrogen-bond donors (Lipinski definition) is 2. The summed E-state index contributed by atoms with van der Waals surface area (Å²) in [5, 5.41) is 3.11. The fourth-order valence-corrected chi connectivity index (χ4v) is 2.30. The Labute approximate surface area is 127 Å². The van der Waals surface area contributed by atoms with Gasteiger partial charge in [-0.2, -0.15) is 0 Å². The van der Waals surface area contributed by atoms with Crippen LogP contribution >= 0.6 is 0 Å². The van der Waals surface area contributed by atoms with Gasteiger partial charge in [0.05, 0.1) is 6.54 Å². The van der Waals surface area contributed by atoms with E-state index in [1.807, 2.05) is 24.3 Å². The van der Waals surface area contributed by atoms with E-state index in [0.717, 1.165) is 18.7 Å². The lowest BCUT2D eigenvalue weighted by Gasteiger charge is -2.27. The van der Waals surface area contributed by atoms with Crippen LogP contribution in [0.2, 0.25) is 0 Å². The summed E-state index contributed by atoms with van der Waals surface area (Å²) in [5.74, 6) is 0.115. The van der Waals surface area contributed by atoms with Crippen molar-refractivity contribution in [3.8, 4) is 0 Å². The van der Waals surface area contributed by atoms with Crippen molar-refractivity contribution in [3.63, 3.8) is 0 Å². The highest BCUT2D eigenvalue weighted by Gasteiger charge is 2.31. The molecule has 0 saturated heterocycles. The van der Waals surface area contributed by atoms with E-state index in [4.69, 9.17) is 5.73 Å². The van der Waals surface area contributed by atoms with Gasteiger partial charge < -0.3 is 11.1 Å². The maximum atomic E-state index is 12.2. The molecule has 0 heterocycles. The molecule has 0 aromatic heterocycles. The molecule has 4 nitrogen and oxygen atoms in total. The van der Waals surface area contributed by atoms with E-state index in [-0.39, 0.29) is 11.4 Å². The number of nitrogens with one attached hydrogen (secondary N) is 1. The van der Waals surface area contributed by atoms with Crippen LogP contribution in [0.3, 0.4) is 0 Å². The van der Waals surface area contributed by atoms with E-state index >= 15 is 0 Å². The molecule has 0 spiro atoms. The van der Waals surface area contributed by atoms with Gasteiger partial charge in [0.1, 0.15) is 0 Å². The van der Waals surface area contributed by atoms with Crippen molar-refractivity contribution < 1.29 is 4.79 Å². The Morgan fingerprint density at radius 2 is 1.95 bits per heavy atom. The Morgan fingerprint density at radius 1 is 1.33 bits per heavy atom. The molecular formula is C17H27N3O. The summed E-state index contributed by atoms with van der Waals surface area (Å²) in [6, 6.07) is 8.47. The number of carbonyl (C=O) groups excluding carboxylic acids is 1. The molecule has 0 bridgehead atoms. The van der Waals surface area contributed by atoms with Gasteiger partial charge in [-0.1, -0.05) is 19.1 Å². The standard InChI is InChI=1S/C17H27N3O/c1-4-17(2,3)19-16(21)12-20(15-9-10-15)11-13-5-7-14(18)8-6-13/h5-8,15H,4,9-12,18H2,1-3H3,(H,19,21). The van der Waals surface area contributed by atoms with E-state index in [0.29, 0.717) is 12.6 Å². The van der Waals surface area contributed by atoms with Crippen molar-refractivity contribution in [2.75, 3.05) is 12.3 Å². The molecular weight excluding hydrogens is 262 g/mol. The summed E-state index contributed by atoms with van der Waals surface area (Å²) in [5.41, 5.74) is 7.57. The van der Waals surface area contributed by atoms with Crippen LogP contribution < -0.4 is 11.1 Å². The van der Waals surface area contributed by atoms with Gasteiger partial charge in [0.2, 0.25) is 5.91 Å². The van der Waals surface area contributed by atoms with Crippen LogP contribution in [0.1, 0.15) is 45.6 Å². The molecule has 0 radical (unpaired) electrons. The van der Waals surface area contributed by atoms with Crippen LogP contribution in [0.15, 0.2) is 24.3 Å². The first-order valence-corrected chi connectivity index (χ1v) is 7.79. The minimum atomic E-state index is -0.131. The van der Waals surface area contributed by atoms with Gasteiger partial charge in [-0.3, -0.25) is 9.69 Å². The summed E-state index contributed by atoms with van der Waals surface area (Å²) in [6.07, 6.45) is 3.32. The van der Waals surface area contributed by atoms with Gasteiger partial charge >= 0.3 is 0 Å². The second-order valence-electron chi connectivity index (χ2n) is 6.66. The van der Waals surface area contributed by atoms with Gasteiger partial charge in [0.15, 0.2) is 0 Å². The molecule has 1 fully saturated rings. The molecule has 1 amide bonds. The van der Waals surface area contributed by atoms with E-state index in [1.54, 1.807) is 0 Å². The van der Waals surface area contributed by atoms with Gasteiger partial charge in [-0.05, 0) is 50.8 Å². The predicted octanol–water partition coefficient (Wildman–Crippen LogP) is 2.54. The smallest absolute Gasteiger partial charge is 0.234 e. The normalized spacial score (nSPS) is 15.2. The fraction of sp³-hybridized carbons (Fsp3) is 0.588. The third-order valence-corrected chi connectivity index (χ3v) is 4.14. The third-order valence-electron chi connectivity index (χ3n) is 4.14. The van der Waals surface area contributed by atoms with Crippen molar-refractivity contribution in [2.24, 2.45) is 0 Å². The van der Waals surface area contributed by atoms with Gasteiger partial charge in [-0.15, -0.1) is 0 Å². The molecule has 1 aromatic carbocycles. The van der Waals surface area contributed by atoms with E-state index in [2.05, 4.69) is 31.0 Å². The van der Waals surface area contributed by atoms with Crippen LogP contribution in [0.5, 0.6) is 0 Å². The number of nitrogen functional groups attached to an aromatic ring is 1.